The van der Waals surface area contributed by atoms with Gasteiger partial charge in [0, 0.05) is 65.1 Å². The van der Waals surface area contributed by atoms with E-state index in [-0.39, 0.29) is 0 Å². The molecule has 28 nitrogen and oxygen atoms in total. The van der Waals surface area contributed by atoms with Gasteiger partial charge in [-0.2, -0.15) is 0 Å². The van der Waals surface area contributed by atoms with Gasteiger partial charge in [0.1, 0.15) is 42.7 Å². The van der Waals surface area contributed by atoms with Crippen molar-refractivity contribution in [3.05, 3.63) is 58.0 Å². The second-order valence-electron chi connectivity index (χ2n) is 13.2. The highest BCUT2D eigenvalue weighted by Gasteiger charge is 2.48. The minimum Gasteiger partial charge on any atom is -0.506 e. The highest BCUT2D eigenvalue weighted by Crippen LogP contribution is 2.31. The zero-order chi connectivity index (χ0) is 47.0. The Balaban J connectivity index is 2.82. The molecular formula is C34H56O28. The predicted octanol–water partition coefficient (Wildman–Crippen LogP) is -3.83. The van der Waals surface area contributed by atoms with E-state index in [9.17, 15) is 107 Å². The number of aliphatic hydroxyl groups is 21. The predicted molar refractivity (Wildman–Crippen MR) is 195 cm³/mol. The van der Waals surface area contributed by atoms with Gasteiger partial charge in [0.15, 0.2) is 53.1 Å². The van der Waals surface area contributed by atoms with Crippen molar-refractivity contribution in [1.29, 1.82) is 0 Å². The van der Waals surface area contributed by atoms with Crippen molar-refractivity contribution in [2.45, 2.75) is 112 Å². The van der Waals surface area contributed by atoms with Crippen LogP contribution in [0, 0.1) is 0 Å². The Kier molecular flexibility index (Phi) is 22.3. The maximum atomic E-state index is 10.9. The first-order chi connectivity index (χ1) is 29.2. The summed E-state index contributed by atoms with van der Waals surface area (Å²) in [5.41, 5.74) is 0. The molecule has 0 spiro atoms. The van der Waals surface area contributed by atoms with E-state index in [0.29, 0.717) is 0 Å². The lowest BCUT2D eigenvalue weighted by molar-refractivity contribution is -0.316. The third-order valence-corrected chi connectivity index (χ3v) is 8.91. The van der Waals surface area contributed by atoms with Gasteiger partial charge in [-0.25, -0.2) is 0 Å². The van der Waals surface area contributed by atoms with Crippen LogP contribution in [-0.2, 0) is 33.2 Å². The van der Waals surface area contributed by atoms with Crippen molar-refractivity contribution in [2.24, 2.45) is 0 Å². The summed E-state index contributed by atoms with van der Waals surface area (Å²) in [7, 11) is 0. The molecule has 3 heterocycles. The molecule has 13 atom stereocenters. The summed E-state index contributed by atoms with van der Waals surface area (Å²) in [6.45, 7) is -5.55. The van der Waals surface area contributed by atoms with E-state index in [4.69, 9.17) is 33.2 Å². The van der Waals surface area contributed by atoms with Crippen LogP contribution in [0.3, 0.4) is 0 Å². The molecule has 0 amide bonds. The van der Waals surface area contributed by atoms with Crippen LogP contribution in [0.15, 0.2) is 58.0 Å². The number of hydrogen-bond acceptors (Lipinski definition) is 28. The molecule has 62 heavy (non-hydrogen) atoms. The Morgan fingerprint density at radius 2 is 0.661 bits per heavy atom. The summed E-state index contributed by atoms with van der Waals surface area (Å²) in [6.07, 6.45) is -32.7. The van der Waals surface area contributed by atoms with Crippen LogP contribution < -0.4 is 0 Å². The smallest absolute Gasteiger partial charge is 0.320 e. The highest BCUT2D eigenvalue weighted by atomic mass is 16.7. The van der Waals surface area contributed by atoms with E-state index in [2.05, 4.69) is 0 Å². The fourth-order valence-electron chi connectivity index (χ4n) is 5.58. The molecule has 2 bridgehead atoms. The first-order valence-corrected chi connectivity index (χ1v) is 18.5. The van der Waals surface area contributed by atoms with Crippen molar-refractivity contribution in [2.75, 3.05) is 39.6 Å². The van der Waals surface area contributed by atoms with Gasteiger partial charge in [0.05, 0.1) is 6.61 Å². The van der Waals surface area contributed by atoms with Crippen LogP contribution in [0.4, 0.5) is 0 Å². The van der Waals surface area contributed by atoms with Crippen LogP contribution in [-0.4, -0.2) is 227 Å². The Hall–Kier alpha value is -4.34. The van der Waals surface area contributed by atoms with Gasteiger partial charge in [-0.1, -0.05) is 0 Å². The van der Waals surface area contributed by atoms with E-state index in [1.54, 1.807) is 0 Å². The molecule has 21 N–H and O–H groups in total. The van der Waals surface area contributed by atoms with E-state index < -0.39 is 210 Å². The summed E-state index contributed by atoms with van der Waals surface area (Å²) < 4.78 is 36.1. The Morgan fingerprint density at radius 3 is 1.03 bits per heavy atom. The van der Waals surface area contributed by atoms with E-state index >= 15 is 0 Å². The summed E-state index contributed by atoms with van der Waals surface area (Å²) in [6, 6.07) is 0. The molecule has 360 valence electrons. The number of ether oxygens (including phenoxy) is 7. The molecule has 0 saturated carbocycles. The van der Waals surface area contributed by atoms with Gasteiger partial charge >= 0.3 is 11.9 Å². The lowest BCUT2D eigenvalue weighted by Crippen LogP contribution is -2.60. The van der Waals surface area contributed by atoms with Crippen LogP contribution >= 0.6 is 0 Å². The van der Waals surface area contributed by atoms with Crippen molar-refractivity contribution >= 4 is 0 Å². The Bertz CT molecular complexity index is 1540. The first-order valence-electron chi connectivity index (χ1n) is 18.5. The topological polar surface area (TPSA) is 489 Å². The minimum atomic E-state index is -2.75. The van der Waals surface area contributed by atoms with Crippen LogP contribution in [0.25, 0.3) is 0 Å². The molecule has 0 aliphatic carbocycles. The molecule has 3 aliphatic rings. The molecule has 3 aliphatic heterocycles. The van der Waals surface area contributed by atoms with Crippen molar-refractivity contribution in [3.8, 4) is 0 Å². The molecule has 3 rings (SSSR count). The quantitative estimate of drug-likeness (QED) is 0.0944. The van der Waals surface area contributed by atoms with Gasteiger partial charge < -0.3 is 140 Å². The van der Waals surface area contributed by atoms with Crippen LogP contribution in [0.1, 0.15) is 32.1 Å². The third kappa shape index (κ3) is 14.1. The van der Waals surface area contributed by atoms with E-state index in [1.165, 1.54) is 0 Å². The van der Waals surface area contributed by atoms with E-state index in [0.717, 1.165) is 0 Å². The van der Waals surface area contributed by atoms with Crippen LogP contribution in [0.2, 0.25) is 0 Å². The van der Waals surface area contributed by atoms with Gasteiger partial charge in [0.25, 0.3) is 0 Å². The maximum Gasteiger partial charge on any atom is 0.320 e. The standard InChI is InChI=1S/C34H56O28/c35-6-1-12-18(41)24(47)31(53)56-13(2-7-36)19(42)25(48)33(55)59-15(4-9-38)21(44)29(51)58-16(5-10-39)22(45)30(52)62-28-17(11-40)61-34(27(50)23(28)46)60-14(3-8-37)20(43)26(49)32(54)57-12/h12-17,23,27-28,31-55H,1-11H2/b24-18+,25-19+,26-20-,29-21?,30-22+/t12?,13-,14?,15?,16?,17?,23?,27?,28?,31?,32?,33?,34?/m1/s1. The molecule has 0 radical (unpaired) electrons. The van der Waals surface area contributed by atoms with Gasteiger partial charge in [-0.05, 0) is 0 Å². The van der Waals surface area contributed by atoms with E-state index in [1.807, 2.05) is 0 Å². The maximum absolute atomic E-state index is 10.9. The molecule has 1 saturated heterocycles. The summed E-state index contributed by atoms with van der Waals surface area (Å²) >= 11 is 0. The number of fused-ring (bicyclic) bond motifs is 20. The number of rotatable bonds is 11. The zero-order valence-electron chi connectivity index (χ0n) is 32.5. The number of aliphatic hydroxyl groups excluding tert-OH is 21. The summed E-state index contributed by atoms with van der Waals surface area (Å²) in [4.78, 5) is 0. The first kappa shape index (κ1) is 53.8. The third-order valence-electron chi connectivity index (χ3n) is 8.91. The highest BCUT2D eigenvalue weighted by molar-refractivity contribution is 5.13. The Labute approximate surface area is 350 Å². The van der Waals surface area contributed by atoms with Crippen molar-refractivity contribution < 1.29 is 140 Å². The normalized spacial score (nSPS) is 38.5. The lowest BCUT2D eigenvalue weighted by atomic mass is 9.98. The average molecular weight is 913 g/mol. The lowest BCUT2D eigenvalue weighted by Gasteiger charge is -2.42. The van der Waals surface area contributed by atoms with Gasteiger partial charge in [0.2, 0.25) is 30.4 Å². The molecule has 1 fully saturated rings. The van der Waals surface area contributed by atoms with Crippen LogP contribution in [0.5, 0.6) is 0 Å². The average Bonchev–Trinajstić information content (AvgIpc) is 3.25. The monoisotopic (exact) mass is 912 g/mol. The largest absolute Gasteiger partial charge is 0.506 e. The van der Waals surface area contributed by atoms with Crippen molar-refractivity contribution in [1.82, 2.24) is 0 Å². The zero-order valence-corrected chi connectivity index (χ0v) is 32.5. The molecule has 0 aromatic carbocycles. The second-order valence-corrected chi connectivity index (χ2v) is 13.2. The van der Waals surface area contributed by atoms with Gasteiger partial charge in [-0.15, -0.1) is 0 Å². The molecule has 0 aromatic heterocycles. The minimum absolute atomic E-state index is 0.680. The summed E-state index contributed by atoms with van der Waals surface area (Å²) in [5.74, 6) is -14.9. The Morgan fingerprint density at radius 1 is 0.339 bits per heavy atom. The molecule has 0 aromatic rings. The fraction of sp³-hybridized carbons (Fsp3) is 0.706. The molecule has 12 unspecified atom stereocenters. The molecular weight excluding hydrogens is 856 g/mol. The number of hydrogen-bond donors (Lipinski definition) is 21. The fourth-order valence-corrected chi connectivity index (χ4v) is 5.58. The summed E-state index contributed by atoms with van der Waals surface area (Å²) in [5, 5.41) is 218. The second kappa shape index (κ2) is 25.7. The SMILES string of the molecule is OCCC1OC(O)/C(O)=C(\O)[C@@H](CCO)OC(O)/C(O)=C(\O)C(CCO)OC(O)/C(O)=C(/O)C(CCO)OC2OC(CO)C(O/C(O)=C(/O)C(CCO)OC(O)=C1O)C(O)C2O. The molecule has 28 heteroatoms. The van der Waals surface area contributed by atoms with Crippen molar-refractivity contribution in [3.63, 3.8) is 0 Å². The van der Waals surface area contributed by atoms with Gasteiger partial charge in [-0.3, -0.25) is 0 Å².